The molecule has 0 unspecified atom stereocenters. The zero-order valence-electron chi connectivity index (χ0n) is 14.1. The van der Waals surface area contributed by atoms with Crippen molar-refractivity contribution in [2.45, 2.75) is 64.5 Å². The van der Waals surface area contributed by atoms with Crippen molar-refractivity contribution in [3.63, 3.8) is 0 Å². The second kappa shape index (κ2) is 6.69. The van der Waals surface area contributed by atoms with Crippen LogP contribution in [0.3, 0.4) is 0 Å². The first-order valence-corrected chi connectivity index (χ1v) is 8.11. The van der Waals surface area contributed by atoms with Crippen molar-refractivity contribution in [2.24, 2.45) is 0 Å². The third-order valence-corrected chi connectivity index (χ3v) is 4.63. The standard InChI is InChI=1S/C18H30N2O/c1-12(2)21-18-11-16(13(3)10-17(18)19)14-6-8-15(9-7-14)20(4)5/h10-12,14-15H,6-9,19H2,1-5H3/t14-,15+. The summed E-state index contributed by atoms with van der Waals surface area (Å²) < 4.78 is 5.86. The summed E-state index contributed by atoms with van der Waals surface area (Å²) in [6.45, 7) is 6.26. The molecule has 118 valence electrons. The number of ether oxygens (including phenoxy) is 1. The number of nitrogens with zero attached hydrogens (tertiary/aromatic N) is 1. The molecule has 3 heteroatoms. The van der Waals surface area contributed by atoms with Crippen molar-refractivity contribution in [2.75, 3.05) is 19.8 Å². The van der Waals surface area contributed by atoms with E-state index in [-0.39, 0.29) is 6.10 Å². The molecule has 21 heavy (non-hydrogen) atoms. The van der Waals surface area contributed by atoms with Gasteiger partial charge >= 0.3 is 0 Å². The third kappa shape index (κ3) is 3.91. The fraction of sp³-hybridized carbons (Fsp3) is 0.667. The molecule has 2 rings (SSSR count). The van der Waals surface area contributed by atoms with E-state index in [1.54, 1.807) is 0 Å². The van der Waals surface area contributed by atoms with Crippen molar-refractivity contribution in [3.8, 4) is 5.75 Å². The van der Waals surface area contributed by atoms with Gasteiger partial charge in [-0.2, -0.15) is 0 Å². The molecule has 0 radical (unpaired) electrons. The van der Waals surface area contributed by atoms with Crippen LogP contribution >= 0.6 is 0 Å². The molecule has 1 aliphatic rings. The number of nitrogen functional groups attached to an aromatic ring is 1. The highest BCUT2D eigenvalue weighted by Gasteiger charge is 2.25. The fourth-order valence-corrected chi connectivity index (χ4v) is 3.43. The summed E-state index contributed by atoms with van der Waals surface area (Å²) >= 11 is 0. The molecule has 0 heterocycles. The van der Waals surface area contributed by atoms with E-state index in [0.717, 1.165) is 17.5 Å². The van der Waals surface area contributed by atoms with Crippen molar-refractivity contribution in [3.05, 3.63) is 23.3 Å². The number of anilines is 1. The van der Waals surface area contributed by atoms with Crippen molar-refractivity contribution < 1.29 is 4.74 Å². The van der Waals surface area contributed by atoms with Gasteiger partial charge in [0.05, 0.1) is 11.8 Å². The lowest BCUT2D eigenvalue weighted by molar-refractivity contribution is 0.215. The van der Waals surface area contributed by atoms with Gasteiger partial charge in [0.1, 0.15) is 5.75 Å². The fourth-order valence-electron chi connectivity index (χ4n) is 3.43. The van der Waals surface area contributed by atoms with Crippen molar-refractivity contribution in [1.82, 2.24) is 4.90 Å². The normalized spacial score (nSPS) is 22.8. The predicted molar refractivity (Wildman–Crippen MR) is 90.0 cm³/mol. The second-order valence-electron chi connectivity index (χ2n) is 6.88. The number of rotatable bonds is 4. The van der Waals surface area contributed by atoms with Crippen LogP contribution in [0.1, 0.15) is 56.6 Å². The van der Waals surface area contributed by atoms with Crippen LogP contribution in [0.25, 0.3) is 0 Å². The third-order valence-electron chi connectivity index (χ3n) is 4.63. The van der Waals surface area contributed by atoms with E-state index >= 15 is 0 Å². The summed E-state index contributed by atoms with van der Waals surface area (Å²) in [5.74, 6) is 1.50. The molecule has 0 bridgehead atoms. The molecular formula is C18H30N2O. The minimum atomic E-state index is 0.160. The van der Waals surface area contributed by atoms with E-state index in [1.807, 2.05) is 13.8 Å². The summed E-state index contributed by atoms with van der Waals surface area (Å²) in [6.07, 6.45) is 5.24. The zero-order valence-corrected chi connectivity index (χ0v) is 14.1. The monoisotopic (exact) mass is 290 g/mol. The highest BCUT2D eigenvalue weighted by molar-refractivity contribution is 5.57. The molecule has 2 N–H and O–H groups in total. The number of nitrogens with two attached hydrogens (primary N) is 1. The molecule has 0 saturated heterocycles. The first-order chi connectivity index (χ1) is 9.88. The van der Waals surface area contributed by atoms with E-state index in [2.05, 4.69) is 38.1 Å². The molecular weight excluding hydrogens is 260 g/mol. The highest BCUT2D eigenvalue weighted by atomic mass is 16.5. The van der Waals surface area contributed by atoms with Crippen molar-refractivity contribution in [1.29, 1.82) is 0 Å². The van der Waals surface area contributed by atoms with Gasteiger partial charge in [-0.05, 0) is 89.7 Å². The van der Waals surface area contributed by atoms with E-state index < -0.39 is 0 Å². The Kier molecular flexibility index (Phi) is 5.15. The van der Waals surface area contributed by atoms with Gasteiger partial charge < -0.3 is 15.4 Å². The Hall–Kier alpha value is -1.22. The van der Waals surface area contributed by atoms with Gasteiger partial charge in [0.25, 0.3) is 0 Å². The molecule has 1 aromatic rings. The SMILES string of the molecule is Cc1cc(N)c(OC(C)C)cc1[C@H]1CC[C@@H](N(C)C)CC1. The number of benzene rings is 1. The van der Waals surface area contributed by atoms with Crippen LogP contribution in [0.15, 0.2) is 12.1 Å². The van der Waals surface area contributed by atoms with E-state index in [1.165, 1.54) is 36.8 Å². The maximum atomic E-state index is 6.10. The molecule has 1 fully saturated rings. The largest absolute Gasteiger partial charge is 0.489 e. The van der Waals surface area contributed by atoms with E-state index in [4.69, 9.17) is 10.5 Å². The maximum absolute atomic E-state index is 6.10. The Morgan fingerprint density at radius 3 is 2.29 bits per heavy atom. The quantitative estimate of drug-likeness (QED) is 0.853. The lowest BCUT2D eigenvalue weighted by Gasteiger charge is -2.33. The molecule has 1 aromatic carbocycles. The molecule has 0 aromatic heterocycles. The Bertz CT molecular complexity index is 474. The van der Waals surface area contributed by atoms with Gasteiger partial charge in [0, 0.05) is 6.04 Å². The maximum Gasteiger partial charge on any atom is 0.142 e. The van der Waals surface area contributed by atoms with Crippen LogP contribution in [0.5, 0.6) is 5.75 Å². The lowest BCUT2D eigenvalue weighted by Crippen LogP contribution is -2.31. The van der Waals surface area contributed by atoms with E-state index in [9.17, 15) is 0 Å². The van der Waals surface area contributed by atoms with Crippen LogP contribution < -0.4 is 10.5 Å². The molecule has 0 spiro atoms. The van der Waals surface area contributed by atoms with Gasteiger partial charge in [0.15, 0.2) is 0 Å². The van der Waals surface area contributed by atoms with Gasteiger partial charge in [-0.1, -0.05) is 0 Å². The molecule has 0 amide bonds. The summed E-state index contributed by atoms with van der Waals surface area (Å²) in [4.78, 5) is 2.36. The molecule has 1 aliphatic carbocycles. The van der Waals surface area contributed by atoms with Crippen LogP contribution in [0.4, 0.5) is 5.69 Å². The lowest BCUT2D eigenvalue weighted by atomic mass is 9.80. The van der Waals surface area contributed by atoms with Crippen LogP contribution in [-0.2, 0) is 0 Å². The summed E-state index contributed by atoms with van der Waals surface area (Å²) in [7, 11) is 4.38. The topological polar surface area (TPSA) is 38.5 Å². The Morgan fingerprint density at radius 2 is 1.76 bits per heavy atom. The Balaban J connectivity index is 2.16. The van der Waals surface area contributed by atoms with Gasteiger partial charge in [-0.3, -0.25) is 0 Å². The van der Waals surface area contributed by atoms with Gasteiger partial charge in [0.2, 0.25) is 0 Å². The van der Waals surface area contributed by atoms with Crippen molar-refractivity contribution >= 4 is 5.69 Å². The number of hydrogen-bond acceptors (Lipinski definition) is 3. The summed E-state index contributed by atoms with van der Waals surface area (Å²) in [5, 5.41) is 0. The molecule has 3 nitrogen and oxygen atoms in total. The Labute approximate surface area is 129 Å². The van der Waals surface area contributed by atoms with Crippen LogP contribution in [-0.4, -0.2) is 31.1 Å². The van der Waals surface area contributed by atoms with Crippen LogP contribution in [0.2, 0.25) is 0 Å². The second-order valence-corrected chi connectivity index (χ2v) is 6.88. The summed E-state index contributed by atoms with van der Waals surface area (Å²) in [6, 6.07) is 5.00. The average molecular weight is 290 g/mol. The molecule has 0 aliphatic heterocycles. The Morgan fingerprint density at radius 1 is 1.14 bits per heavy atom. The minimum Gasteiger partial charge on any atom is -0.489 e. The molecule has 0 atom stereocenters. The highest BCUT2D eigenvalue weighted by Crippen LogP contribution is 2.39. The first-order valence-electron chi connectivity index (χ1n) is 8.11. The van der Waals surface area contributed by atoms with E-state index in [0.29, 0.717) is 5.92 Å². The summed E-state index contributed by atoms with van der Waals surface area (Å²) in [5.41, 5.74) is 9.59. The zero-order chi connectivity index (χ0) is 15.6. The van der Waals surface area contributed by atoms with Gasteiger partial charge in [-0.15, -0.1) is 0 Å². The first kappa shape index (κ1) is 16.2. The van der Waals surface area contributed by atoms with Gasteiger partial charge in [-0.25, -0.2) is 0 Å². The minimum absolute atomic E-state index is 0.160. The molecule has 1 saturated carbocycles. The number of aryl methyl sites for hydroxylation is 1. The smallest absolute Gasteiger partial charge is 0.142 e. The predicted octanol–water partition coefficient (Wildman–Crippen LogP) is 3.95. The average Bonchev–Trinajstić information content (AvgIpc) is 2.41. The van der Waals surface area contributed by atoms with Crippen LogP contribution in [0, 0.1) is 6.92 Å². The number of hydrogen-bond donors (Lipinski definition) is 1.